The van der Waals surface area contributed by atoms with Gasteiger partial charge in [-0.05, 0) is 36.5 Å². The molecule has 1 fully saturated rings. The summed E-state index contributed by atoms with van der Waals surface area (Å²) in [5.41, 5.74) is 1.98. The minimum absolute atomic E-state index is 0.0528. The topological polar surface area (TPSA) is 58.6 Å². The summed E-state index contributed by atoms with van der Waals surface area (Å²) < 4.78 is 5.54. The number of benzene rings is 1. The zero-order valence-corrected chi connectivity index (χ0v) is 14.2. The van der Waals surface area contributed by atoms with Gasteiger partial charge in [-0.1, -0.05) is 26.0 Å². The lowest BCUT2D eigenvalue weighted by molar-refractivity contribution is -0.134. The van der Waals surface area contributed by atoms with E-state index in [1.54, 1.807) is 4.90 Å². The Morgan fingerprint density at radius 3 is 2.52 bits per heavy atom. The summed E-state index contributed by atoms with van der Waals surface area (Å²) in [6, 6.07) is 7.81. The van der Waals surface area contributed by atoms with Gasteiger partial charge in [0.2, 0.25) is 11.8 Å². The van der Waals surface area contributed by atoms with Crippen LogP contribution in [-0.4, -0.2) is 42.5 Å². The molecule has 1 atom stereocenters. The van der Waals surface area contributed by atoms with Crippen molar-refractivity contribution in [3.63, 3.8) is 0 Å². The van der Waals surface area contributed by atoms with Gasteiger partial charge in [0.25, 0.3) is 0 Å². The largest absolute Gasteiger partial charge is 0.376 e. The highest BCUT2D eigenvalue weighted by atomic mass is 16.5. The van der Waals surface area contributed by atoms with Gasteiger partial charge in [0, 0.05) is 25.8 Å². The van der Waals surface area contributed by atoms with Gasteiger partial charge in [-0.25, -0.2) is 0 Å². The Bertz CT molecular complexity index is 534. The highest BCUT2D eigenvalue weighted by molar-refractivity contribution is 5.94. The van der Waals surface area contributed by atoms with Crippen molar-refractivity contribution in [3.05, 3.63) is 29.8 Å². The van der Waals surface area contributed by atoms with E-state index in [0.29, 0.717) is 12.5 Å². The maximum Gasteiger partial charge on any atom is 0.243 e. The van der Waals surface area contributed by atoms with E-state index in [0.717, 1.165) is 25.1 Å². The number of ether oxygens (including phenoxy) is 1. The van der Waals surface area contributed by atoms with Crippen LogP contribution in [0, 0.1) is 0 Å². The van der Waals surface area contributed by atoms with Gasteiger partial charge in [0.15, 0.2) is 0 Å². The molecule has 2 amide bonds. The van der Waals surface area contributed by atoms with Crippen LogP contribution in [0.25, 0.3) is 0 Å². The number of nitrogens with zero attached hydrogens (tertiary/aromatic N) is 1. The van der Waals surface area contributed by atoms with E-state index in [4.69, 9.17) is 4.74 Å². The van der Waals surface area contributed by atoms with Crippen molar-refractivity contribution in [1.82, 2.24) is 4.90 Å². The Hall–Kier alpha value is -1.88. The van der Waals surface area contributed by atoms with Crippen LogP contribution in [0.5, 0.6) is 0 Å². The number of carbonyl (C=O) groups is 2. The lowest BCUT2D eigenvalue weighted by Crippen LogP contribution is -2.41. The predicted octanol–water partition coefficient (Wildman–Crippen LogP) is 2.78. The average molecular weight is 318 g/mol. The summed E-state index contributed by atoms with van der Waals surface area (Å²) in [5.74, 6) is 0.167. The smallest absolute Gasteiger partial charge is 0.243 e. The second-order valence-corrected chi connectivity index (χ2v) is 6.36. The fourth-order valence-electron chi connectivity index (χ4n) is 2.66. The predicted molar refractivity (Wildman–Crippen MR) is 90.4 cm³/mol. The molecule has 1 aliphatic rings. The van der Waals surface area contributed by atoms with Gasteiger partial charge in [-0.3, -0.25) is 9.59 Å². The number of carbonyl (C=O) groups excluding carboxylic acids is 2. The Labute approximate surface area is 138 Å². The minimum Gasteiger partial charge on any atom is -0.376 e. The number of anilines is 1. The van der Waals surface area contributed by atoms with Crippen LogP contribution in [0.4, 0.5) is 5.69 Å². The molecule has 126 valence electrons. The Balaban J connectivity index is 1.89. The first kappa shape index (κ1) is 17.5. The molecule has 2 rings (SSSR count). The van der Waals surface area contributed by atoms with Gasteiger partial charge >= 0.3 is 0 Å². The van der Waals surface area contributed by atoms with Crippen molar-refractivity contribution in [3.8, 4) is 0 Å². The number of amides is 2. The third-order valence-electron chi connectivity index (χ3n) is 4.09. The molecule has 1 N–H and O–H groups in total. The fraction of sp³-hybridized carbons (Fsp3) is 0.556. The van der Waals surface area contributed by atoms with Crippen LogP contribution >= 0.6 is 0 Å². The van der Waals surface area contributed by atoms with Gasteiger partial charge in [-0.2, -0.15) is 0 Å². The van der Waals surface area contributed by atoms with E-state index in [1.807, 2.05) is 24.3 Å². The average Bonchev–Trinajstić information content (AvgIpc) is 3.00. The lowest BCUT2D eigenvalue weighted by Gasteiger charge is -2.23. The van der Waals surface area contributed by atoms with Crippen molar-refractivity contribution < 1.29 is 14.3 Å². The highest BCUT2D eigenvalue weighted by Gasteiger charge is 2.22. The molecule has 1 saturated heterocycles. The SMILES string of the molecule is CC(=O)N(CC(=O)Nc1ccc(C(C)C)cc1)CC1CCCO1. The van der Waals surface area contributed by atoms with Crippen LogP contribution in [0.1, 0.15) is 45.1 Å². The van der Waals surface area contributed by atoms with Gasteiger partial charge in [-0.15, -0.1) is 0 Å². The molecule has 1 aliphatic heterocycles. The zero-order chi connectivity index (χ0) is 16.8. The van der Waals surface area contributed by atoms with Crippen LogP contribution in [0.15, 0.2) is 24.3 Å². The van der Waals surface area contributed by atoms with E-state index < -0.39 is 0 Å². The van der Waals surface area contributed by atoms with Crippen molar-refractivity contribution in [2.45, 2.75) is 45.6 Å². The molecule has 1 unspecified atom stereocenters. The van der Waals surface area contributed by atoms with Crippen molar-refractivity contribution >= 4 is 17.5 Å². The Kier molecular flexibility index (Phi) is 6.16. The van der Waals surface area contributed by atoms with Crippen LogP contribution in [0.3, 0.4) is 0 Å². The van der Waals surface area contributed by atoms with Crippen LogP contribution < -0.4 is 5.32 Å². The molecule has 0 spiro atoms. The first-order chi connectivity index (χ1) is 11.0. The molecule has 0 saturated carbocycles. The normalized spacial score (nSPS) is 17.3. The fourth-order valence-corrected chi connectivity index (χ4v) is 2.66. The summed E-state index contributed by atoms with van der Waals surface area (Å²) >= 11 is 0. The number of hydrogen-bond acceptors (Lipinski definition) is 3. The van der Waals surface area contributed by atoms with E-state index >= 15 is 0 Å². The minimum atomic E-state index is -0.185. The molecule has 0 aromatic heterocycles. The van der Waals surface area contributed by atoms with E-state index in [-0.39, 0.29) is 24.5 Å². The molecule has 1 aromatic carbocycles. The van der Waals surface area contributed by atoms with Crippen LogP contribution in [0.2, 0.25) is 0 Å². The molecule has 5 nitrogen and oxygen atoms in total. The van der Waals surface area contributed by atoms with E-state index in [2.05, 4.69) is 19.2 Å². The monoisotopic (exact) mass is 318 g/mol. The quantitative estimate of drug-likeness (QED) is 0.877. The summed E-state index contributed by atoms with van der Waals surface area (Å²) in [7, 11) is 0. The van der Waals surface area contributed by atoms with Gasteiger partial charge in [0.05, 0.1) is 12.6 Å². The zero-order valence-electron chi connectivity index (χ0n) is 14.2. The second kappa shape index (κ2) is 8.11. The second-order valence-electron chi connectivity index (χ2n) is 6.36. The third-order valence-corrected chi connectivity index (χ3v) is 4.09. The molecule has 0 aliphatic carbocycles. The summed E-state index contributed by atoms with van der Waals surface area (Å²) in [6.45, 7) is 7.02. The molecule has 23 heavy (non-hydrogen) atoms. The standard InChI is InChI=1S/C18H26N2O3/c1-13(2)15-6-8-16(9-7-15)19-18(22)12-20(14(3)21)11-17-5-4-10-23-17/h6-9,13,17H,4-5,10-12H2,1-3H3,(H,19,22). The van der Waals surface area contributed by atoms with Crippen molar-refractivity contribution in [2.75, 3.05) is 25.0 Å². The van der Waals surface area contributed by atoms with Crippen molar-refractivity contribution in [1.29, 1.82) is 0 Å². The first-order valence-electron chi connectivity index (χ1n) is 8.22. The number of hydrogen-bond donors (Lipinski definition) is 1. The summed E-state index contributed by atoms with van der Waals surface area (Å²) in [5, 5.41) is 2.84. The van der Waals surface area contributed by atoms with Gasteiger partial charge in [0.1, 0.15) is 0 Å². The molecular weight excluding hydrogens is 292 g/mol. The van der Waals surface area contributed by atoms with E-state index in [1.165, 1.54) is 12.5 Å². The third kappa shape index (κ3) is 5.36. The van der Waals surface area contributed by atoms with E-state index in [9.17, 15) is 9.59 Å². The lowest BCUT2D eigenvalue weighted by atomic mass is 10.0. The Morgan fingerprint density at radius 1 is 1.30 bits per heavy atom. The number of rotatable bonds is 6. The molecule has 0 radical (unpaired) electrons. The first-order valence-corrected chi connectivity index (χ1v) is 8.22. The molecular formula is C18H26N2O3. The molecule has 5 heteroatoms. The number of nitrogens with one attached hydrogen (secondary N) is 1. The van der Waals surface area contributed by atoms with Crippen LogP contribution in [-0.2, 0) is 14.3 Å². The molecule has 1 heterocycles. The molecule has 1 aromatic rings. The summed E-state index contributed by atoms with van der Waals surface area (Å²) in [4.78, 5) is 25.5. The Morgan fingerprint density at radius 2 is 2.00 bits per heavy atom. The van der Waals surface area contributed by atoms with Gasteiger partial charge < -0.3 is 15.0 Å². The summed E-state index contributed by atoms with van der Waals surface area (Å²) in [6.07, 6.45) is 2.02. The molecule has 0 bridgehead atoms. The maximum absolute atomic E-state index is 12.2. The maximum atomic E-state index is 12.2. The van der Waals surface area contributed by atoms with Crippen molar-refractivity contribution in [2.24, 2.45) is 0 Å². The highest BCUT2D eigenvalue weighted by Crippen LogP contribution is 2.17.